The van der Waals surface area contributed by atoms with Crippen molar-refractivity contribution in [3.8, 4) is 0 Å². The molecule has 1 atom stereocenters. The fourth-order valence-electron chi connectivity index (χ4n) is 1.98. The molecule has 1 aliphatic heterocycles. The van der Waals surface area contributed by atoms with Crippen molar-refractivity contribution in [1.82, 2.24) is 0 Å². The predicted molar refractivity (Wildman–Crippen MR) is 58.6 cm³/mol. The van der Waals surface area contributed by atoms with Gasteiger partial charge >= 0.3 is 0 Å². The van der Waals surface area contributed by atoms with Crippen LogP contribution in [0.5, 0.6) is 0 Å². The van der Waals surface area contributed by atoms with Crippen LogP contribution in [0.3, 0.4) is 0 Å². The van der Waals surface area contributed by atoms with Gasteiger partial charge in [0, 0.05) is 6.42 Å². The summed E-state index contributed by atoms with van der Waals surface area (Å²) in [4.78, 5) is 0. The summed E-state index contributed by atoms with van der Waals surface area (Å²) in [6.45, 7) is 7.46. The van der Waals surface area contributed by atoms with Crippen LogP contribution < -0.4 is 0 Å². The zero-order valence-corrected chi connectivity index (χ0v) is 9.26. The van der Waals surface area contributed by atoms with E-state index < -0.39 is 0 Å². The van der Waals surface area contributed by atoms with Gasteiger partial charge in [-0.15, -0.1) is 0 Å². The van der Waals surface area contributed by atoms with Gasteiger partial charge in [-0.3, -0.25) is 0 Å². The van der Waals surface area contributed by atoms with E-state index in [-0.39, 0.29) is 5.60 Å². The maximum absolute atomic E-state index is 5.62. The number of hydrogen-bond donors (Lipinski definition) is 0. The number of ether oxygens (including phenoxy) is 1. The molecule has 0 spiro atoms. The van der Waals surface area contributed by atoms with Crippen LogP contribution in [-0.2, 0) is 11.2 Å². The topological polar surface area (TPSA) is 9.23 Å². The molecule has 0 aliphatic carbocycles. The van der Waals surface area contributed by atoms with Gasteiger partial charge in [0.15, 0.2) is 0 Å². The van der Waals surface area contributed by atoms with E-state index in [9.17, 15) is 0 Å². The average molecular weight is 190 g/mol. The molecule has 0 bridgehead atoms. The fourth-order valence-corrected chi connectivity index (χ4v) is 1.98. The Morgan fingerprint density at radius 2 is 2.07 bits per heavy atom. The summed E-state index contributed by atoms with van der Waals surface area (Å²) < 4.78 is 5.62. The third-order valence-corrected chi connectivity index (χ3v) is 3.15. The molecule has 76 valence electrons. The van der Waals surface area contributed by atoms with Crippen LogP contribution in [0.4, 0.5) is 0 Å². The van der Waals surface area contributed by atoms with Crippen LogP contribution in [-0.4, -0.2) is 12.2 Å². The molecule has 0 N–H and O–H groups in total. The SMILES string of the molecule is Cc1ccc(C)c(CC2(C)CCO2)c1. The summed E-state index contributed by atoms with van der Waals surface area (Å²) in [5, 5.41) is 0. The average Bonchev–Trinajstić information content (AvgIpc) is 2.09. The lowest BCUT2D eigenvalue weighted by atomic mass is 9.87. The molecule has 0 aromatic heterocycles. The Morgan fingerprint density at radius 1 is 1.36 bits per heavy atom. The first-order chi connectivity index (χ1) is 6.59. The molecule has 14 heavy (non-hydrogen) atoms. The minimum Gasteiger partial charge on any atom is -0.375 e. The normalized spacial score (nSPS) is 25.9. The molecule has 0 saturated carbocycles. The van der Waals surface area contributed by atoms with Crippen LogP contribution in [0.1, 0.15) is 30.0 Å². The molecular weight excluding hydrogens is 172 g/mol. The largest absolute Gasteiger partial charge is 0.375 e. The van der Waals surface area contributed by atoms with Crippen molar-refractivity contribution in [2.45, 2.75) is 39.2 Å². The highest BCUT2D eigenvalue weighted by Gasteiger charge is 2.33. The highest BCUT2D eigenvalue weighted by atomic mass is 16.5. The summed E-state index contributed by atoms with van der Waals surface area (Å²) >= 11 is 0. The predicted octanol–water partition coefficient (Wildman–Crippen LogP) is 3.02. The van der Waals surface area contributed by atoms with Crippen LogP contribution in [0.25, 0.3) is 0 Å². The van der Waals surface area contributed by atoms with E-state index in [1.165, 1.54) is 23.1 Å². The van der Waals surface area contributed by atoms with E-state index in [0.717, 1.165) is 13.0 Å². The van der Waals surface area contributed by atoms with Gasteiger partial charge in [0.2, 0.25) is 0 Å². The summed E-state index contributed by atoms with van der Waals surface area (Å²) in [6, 6.07) is 6.65. The second-order valence-electron chi connectivity index (χ2n) is 4.66. The number of hydrogen-bond acceptors (Lipinski definition) is 1. The Hall–Kier alpha value is -0.820. The Kier molecular flexibility index (Phi) is 2.36. The first-order valence-electron chi connectivity index (χ1n) is 5.29. The van der Waals surface area contributed by atoms with E-state index in [4.69, 9.17) is 4.74 Å². The molecule has 0 amide bonds. The molecule has 2 rings (SSSR count). The number of rotatable bonds is 2. The van der Waals surface area contributed by atoms with E-state index in [1.807, 2.05) is 0 Å². The highest BCUT2D eigenvalue weighted by molar-refractivity contribution is 5.31. The second-order valence-corrected chi connectivity index (χ2v) is 4.66. The molecule has 1 unspecified atom stereocenters. The highest BCUT2D eigenvalue weighted by Crippen LogP contribution is 2.30. The van der Waals surface area contributed by atoms with Crippen molar-refractivity contribution < 1.29 is 4.74 Å². The molecule has 1 saturated heterocycles. The molecule has 0 radical (unpaired) electrons. The van der Waals surface area contributed by atoms with Gasteiger partial charge in [0.05, 0.1) is 12.2 Å². The van der Waals surface area contributed by atoms with Crippen molar-refractivity contribution in [2.75, 3.05) is 6.61 Å². The minimum absolute atomic E-state index is 0.110. The third kappa shape index (κ3) is 1.83. The van der Waals surface area contributed by atoms with Crippen molar-refractivity contribution in [1.29, 1.82) is 0 Å². The molecule has 1 heteroatoms. The van der Waals surface area contributed by atoms with Crippen LogP contribution in [0, 0.1) is 13.8 Å². The minimum atomic E-state index is 0.110. The zero-order valence-electron chi connectivity index (χ0n) is 9.26. The summed E-state index contributed by atoms with van der Waals surface area (Å²) in [6.07, 6.45) is 2.25. The van der Waals surface area contributed by atoms with Gasteiger partial charge in [-0.2, -0.15) is 0 Å². The molecule has 1 heterocycles. The maximum atomic E-state index is 5.62. The van der Waals surface area contributed by atoms with E-state index in [0.29, 0.717) is 0 Å². The molecular formula is C13H18O. The lowest BCUT2D eigenvalue weighted by Crippen LogP contribution is -2.42. The lowest BCUT2D eigenvalue weighted by Gasteiger charge is -2.39. The first-order valence-corrected chi connectivity index (χ1v) is 5.29. The van der Waals surface area contributed by atoms with E-state index in [1.54, 1.807) is 0 Å². The van der Waals surface area contributed by atoms with Crippen molar-refractivity contribution in [3.63, 3.8) is 0 Å². The van der Waals surface area contributed by atoms with Gasteiger partial charge < -0.3 is 4.74 Å². The van der Waals surface area contributed by atoms with Crippen molar-refractivity contribution >= 4 is 0 Å². The Labute approximate surface area is 86.1 Å². The zero-order chi connectivity index (χ0) is 10.2. The van der Waals surface area contributed by atoms with Gasteiger partial charge in [-0.1, -0.05) is 23.8 Å². The summed E-state index contributed by atoms with van der Waals surface area (Å²) in [7, 11) is 0. The smallest absolute Gasteiger partial charge is 0.0716 e. The first kappa shape index (κ1) is 9.72. The Balaban J connectivity index is 2.19. The summed E-state index contributed by atoms with van der Waals surface area (Å²) in [5.41, 5.74) is 4.27. The molecule has 1 fully saturated rings. The Bertz CT molecular complexity index is 337. The Morgan fingerprint density at radius 3 is 2.64 bits per heavy atom. The molecule has 1 nitrogen and oxygen atoms in total. The third-order valence-electron chi connectivity index (χ3n) is 3.15. The van der Waals surface area contributed by atoms with Crippen LogP contribution in [0.15, 0.2) is 18.2 Å². The van der Waals surface area contributed by atoms with Crippen molar-refractivity contribution in [2.24, 2.45) is 0 Å². The molecule has 1 aliphatic rings. The molecule has 1 aromatic rings. The fraction of sp³-hybridized carbons (Fsp3) is 0.538. The van der Waals surface area contributed by atoms with Gasteiger partial charge in [0.1, 0.15) is 0 Å². The number of benzene rings is 1. The van der Waals surface area contributed by atoms with Gasteiger partial charge in [0.25, 0.3) is 0 Å². The van der Waals surface area contributed by atoms with E-state index in [2.05, 4.69) is 39.0 Å². The quantitative estimate of drug-likeness (QED) is 0.696. The standard InChI is InChI=1S/C13H18O/c1-10-4-5-11(2)12(8-10)9-13(3)6-7-14-13/h4-5,8H,6-7,9H2,1-3H3. The number of aryl methyl sites for hydroxylation is 2. The van der Waals surface area contributed by atoms with Gasteiger partial charge in [-0.05, 0) is 38.3 Å². The monoisotopic (exact) mass is 190 g/mol. The lowest BCUT2D eigenvalue weighted by molar-refractivity contribution is -0.132. The summed E-state index contributed by atoms with van der Waals surface area (Å²) in [5.74, 6) is 0. The second kappa shape index (κ2) is 3.39. The van der Waals surface area contributed by atoms with Crippen molar-refractivity contribution in [3.05, 3.63) is 34.9 Å². The van der Waals surface area contributed by atoms with Gasteiger partial charge in [-0.25, -0.2) is 0 Å². The molecule has 1 aromatic carbocycles. The van der Waals surface area contributed by atoms with Crippen LogP contribution >= 0.6 is 0 Å². The maximum Gasteiger partial charge on any atom is 0.0716 e. The van der Waals surface area contributed by atoms with Crippen LogP contribution in [0.2, 0.25) is 0 Å². The van der Waals surface area contributed by atoms with E-state index >= 15 is 0 Å².